The molecule has 2 nitrogen and oxygen atoms in total. The molecule has 0 aromatic heterocycles. The summed E-state index contributed by atoms with van der Waals surface area (Å²) < 4.78 is 38.3. The minimum atomic E-state index is -4.02. The molecule has 0 aliphatic carbocycles. The molecule has 1 saturated heterocycles. The molecular weight excluding hydrogens is 277 g/mol. The van der Waals surface area contributed by atoms with Crippen molar-refractivity contribution in [3.63, 3.8) is 0 Å². The molecule has 126 valence electrons. The molecule has 1 heterocycles. The summed E-state index contributed by atoms with van der Waals surface area (Å²) in [5.74, 6) is -1.10. The van der Waals surface area contributed by atoms with Crippen LogP contribution in [0.3, 0.4) is 0 Å². The average molecular weight is 308 g/mol. The zero-order valence-corrected chi connectivity index (χ0v) is 13.7. The highest BCUT2D eigenvalue weighted by Gasteiger charge is 2.42. The normalized spacial score (nSPS) is 21.4. The highest BCUT2D eigenvalue weighted by molar-refractivity contribution is 4.87. The van der Waals surface area contributed by atoms with Crippen LogP contribution >= 0.6 is 0 Å². The number of rotatable bonds is 8. The van der Waals surface area contributed by atoms with Gasteiger partial charge in [-0.25, -0.2) is 0 Å². The number of halogens is 3. The van der Waals surface area contributed by atoms with Crippen molar-refractivity contribution >= 4 is 0 Å². The molecule has 21 heavy (non-hydrogen) atoms. The fourth-order valence-corrected chi connectivity index (χ4v) is 3.43. The first-order valence-electron chi connectivity index (χ1n) is 8.48. The first-order valence-corrected chi connectivity index (χ1v) is 8.48. The van der Waals surface area contributed by atoms with Gasteiger partial charge in [0, 0.05) is 12.1 Å². The van der Waals surface area contributed by atoms with Crippen LogP contribution in [0.1, 0.15) is 59.3 Å². The number of nitrogens with one attached hydrogen (secondary N) is 1. The summed E-state index contributed by atoms with van der Waals surface area (Å²) in [4.78, 5) is 2.28. The zero-order chi connectivity index (χ0) is 15.9. The van der Waals surface area contributed by atoms with Crippen LogP contribution in [0.4, 0.5) is 13.2 Å². The van der Waals surface area contributed by atoms with Crippen LogP contribution < -0.4 is 5.32 Å². The number of nitrogens with zero attached hydrogens (tertiary/aromatic N) is 1. The largest absolute Gasteiger partial charge is 0.391 e. The molecule has 0 saturated carbocycles. The molecule has 2 atom stereocenters. The van der Waals surface area contributed by atoms with Crippen LogP contribution in [0.15, 0.2) is 0 Å². The lowest BCUT2D eigenvalue weighted by Crippen LogP contribution is -2.53. The Bertz CT molecular complexity index is 273. The van der Waals surface area contributed by atoms with E-state index in [-0.39, 0.29) is 12.8 Å². The number of piperidine rings is 1. The van der Waals surface area contributed by atoms with E-state index < -0.39 is 12.1 Å². The van der Waals surface area contributed by atoms with Gasteiger partial charge in [0.25, 0.3) is 0 Å². The summed E-state index contributed by atoms with van der Waals surface area (Å²) in [5.41, 5.74) is 0. The van der Waals surface area contributed by atoms with Crippen molar-refractivity contribution in [3.8, 4) is 0 Å². The molecular formula is C16H31F3N2. The molecule has 1 fully saturated rings. The van der Waals surface area contributed by atoms with Gasteiger partial charge in [0.05, 0.1) is 5.92 Å². The molecule has 0 aromatic carbocycles. The Morgan fingerprint density at radius 2 is 1.71 bits per heavy atom. The number of hydrogen-bond acceptors (Lipinski definition) is 2. The van der Waals surface area contributed by atoms with Gasteiger partial charge in [-0.2, -0.15) is 13.2 Å². The van der Waals surface area contributed by atoms with Gasteiger partial charge in [-0.15, -0.1) is 0 Å². The summed E-state index contributed by atoms with van der Waals surface area (Å²) in [5, 5.41) is 3.60. The zero-order valence-electron chi connectivity index (χ0n) is 13.7. The van der Waals surface area contributed by atoms with Crippen molar-refractivity contribution in [3.05, 3.63) is 0 Å². The molecule has 1 aliphatic heterocycles. The molecule has 0 amide bonds. The highest BCUT2D eigenvalue weighted by Crippen LogP contribution is 2.35. The topological polar surface area (TPSA) is 15.3 Å². The lowest BCUT2D eigenvalue weighted by Gasteiger charge is -2.41. The van der Waals surface area contributed by atoms with Gasteiger partial charge in [-0.1, -0.05) is 27.2 Å². The second-order valence-electron chi connectivity index (χ2n) is 6.18. The molecule has 1 aliphatic rings. The van der Waals surface area contributed by atoms with Crippen molar-refractivity contribution in [2.24, 2.45) is 5.92 Å². The van der Waals surface area contributed by atoms with Gasteiger partial charge in [-0.05, 0) is 51.7 Å². The van der Waals surface area contributed by atoms with Gasteiger partial charge >= 0.3 is 6.18 Å². The van der Waals surface area contributed by atoms with E-state index in [1.807, 2.05) is 0 Å². The fourth-order valence-electron chi connectivity index (χ4n) is 3.43. The van der Waals surface area contributed by atoms with E-state index in [9.17, 15) is 13.2 Å². The third-order valence-electron chi connectivity index (χ3n) is 4.60. The molecule has 0 radical (unpaired) electrons. The molecule has 2 unspecified atom stereocenters. The van der Waals surface area contributed by atoms with E-state index in [0.717, 1.165) is 32.2 Å². The predicted molar refractivity (Wildman–Crippen MR) is 81.4 cm³/mol. The lowest BCUT2D eigenvalue weighted by atomic mass is 9.92. The number of alkyl halides is 3. The lowest BCUT2D eigenvalue weighted by molar-refractivity contribution is -0.186. The SMILES string of the molecule is CCCNC(CCC)C(CC)N1CCC(C(F)(F)F)CC1. The van der Waals surface area contributed by atoms with E-state index in [4.69, 9.17) is 0 Å². The van der Waals surface area contributed by atoms with Gasteiger partial charge in [0.1, 0.15) is 0 Å². The quantitative estimate of drug-likeness (QED) is 0.722. The maximum atomic E-state index is 12.8. The van der Waals surface area contributed by atoms with Crippen LogP contribution in [0, 0.1) is 5.92 Å². The monoisotopic (exact) mass is 308 g/mol. The van der Waals surface area contributed by atoms with Crippen molar-refractivity contribution in [2.75, 3.05) is 19.6 Å². The van der Waals surface area contributed by atoms with Crippen LogP contribution in [0.2, 0.25) is 0 Å². The smallest absolute Gasteiger partial charge is 0.312 e. The summed E-state index contributed by atoms with van der Waals surface area (Å²) in [7, 11) is 0. The summed E-state index contributed by atoms with van der Waals surface area (Å²) in [6.07, 6.45) is 0.787. The fraction of sp³-hybridized carbons (Fsp3) is 1.00. The minimum Gasteiger partial charge on any atom is -0.312 e. The standard InChI is InChI=1S/C16H31F3N2/c1-4-7-14(20-10-5-2)15(6-3)21-11-8-13(9-12-21)16(17,18)19/h13-15,20H,4-12H2,1-3H3. The first kappa shape index (κ1) is 18.8. The van der Waals surface area contributed by atoms with Gasteiger partial charge in [0.2, 0.25) is 0 Å². The highest BCUT2D eigenvalue weighted by atomic mass is 19.4. The predicted octanol–water partition coefficient (Wildman–Crippen LogP) is 4.21. The third-order valence-corrected chi connectivity index (χ3v) is 4.60. The molecule has 5 heteroatoms. The van der Waals surface area contributed by atoms with Crippen LogP contribution in [0.5, 0.6) is 0 Å². The Hall–Kier alpha value is -0.290. The minimum absolute atomic E-state index is 0.257. The number of likely N-dealkylation sites (tertiary alicyclic amines) is 1. The van der Waals surface area contributed by atoms with Gasteiger partial charge in [-0.3, -0.25) is 4.90 Å². The van der Waals surface area contributed by atoms with Crippen molar-refractivity contribution in [2.45, 2.75) is 77.6 Å². The van der Waals surface area contributed by atoms with E-state index in [1.165, 1.54) is 0 Å². The van der Waals surface area contributed by atoms with E-state index in [1.54, 1.807) is 0 Å². The molecule has 0 bridgehead atoms. The van der Waals surface area contributed by atoms with Crippen LogP contribution in [-0.2, 0) is 0 Å². The van der Waals surface area contributed by atoms with Gasteiger partial charge < -0.3 is 5.32 Å². The third kappa shape index (κ3) is 5.78. The Labute approximate surface area is 127 Å². The van der Waals surface area contributed by atoms with Crippen LogP contribution in [0.25, 0.3) is 0 Å². The second-order valence-corrected chi connectivity index (χ2v) is 6.18. The van der Waals surface area contributed by atoms with E-state index in [2.05, 4.69) is 31.0 Å². The second kappa shape index (κ2) is 8.99. The van der Waals surface area contributed by atoms with E-state index in [0.29, 0.717) is 25.2 Å². The van der Waals surface area contributed by atoms with Gasteiger partial charge in [0.15, 0.2) is 0 Å². The Kier molecular flexibility index (Phi) is 8.03. The van der Waals surface area contributed by atoms with Crippen LogP contribution in [-0.4, -0.2) is 42.8 Å². The average Bonchev–Trinajstić information content (AvgIpc) is 2.45. The Balaban J connectivity index is 2.59. The molecule has 0 aromatic rings. The molecule has 0 spiro atoms. The summed E-state index contributed by atoms with van der Waals surface area (Å²) in [6, 6.07) is 0.771. The Morgan fingerprint density at radius 3 is 2.14 bits per heavy atom. The van der Waals surface area contributed by atoms with Crippen molar-refractivity contribution in [1.29, 1.82) is 0 Å². The van der Waals surface area contributed by atoms with E-state index >= 15 is 0 Å². The molecule has 1 rings (SSSR count). The summed E-state index contributed by atoms with van der Waals surface area (Å²) >= 11 is 0. The number of hydrogen-bond donors (Lipinski definition) is 1. The molecule has 1 N–H and O–H groups in total. The van der Waals surface area contributed by atoms with Crippen molar-refractivity contribution in [1.82, 2.24) is 10.2 Å². The maximum absolute atomic E-state index is 12.8. The Morgan fingerprint density at radius 1 is 1.10 bits per heavy atom. The maximum Gasteiger partial charge on any atom is 0.391 e. The summed E-state index contributed by atoms with van der Waals surface area (Å²) in [6.45, 7) is 8.61. The first-order chi connectivity index (χ1) is 9.93. The van der Waals surface area contributed by atoms with Crippen molar-refractivity contribution < 1.29 is 13.2 Å².